The van der Waals surface area contributed by atoms with Crippen molar-refractivity contribution in [1.82, 2.24) is 30.8 Å². The molecular weight excluding hydrogens is 320 g/mol. The maximum atomic E-state index is 12.1. The Morgan fingerprint density at radius 1 is 1.40 bits per heavy atom. The number of amides is 1. The molecule has 8 nitrogen and oxygen atoms in total. The highest BCUT2D eigenvalue weighted by Gasteiger charge is 2.17. The van der Waals surface area contributed by atoms with Crippen LogP contribution in [0.25, 0.3) is 11.4 Å². The summed E-state index contributed by atoms with van der Waals surface area (Å²) in [4.78, 5) is 14.5. The predicted molar refractivity (Wildman–Crippen MR) is 92.5 cm³/mol. The molecule has 2 aromatic rings. The van der Waals surface area contributed by atoms with Crippen LogP contribution in [-0.4, -0.2) is 63.8 Å². The van der Waals surface area contributed by atoms with Gasteiger partial charge in [0.2, 0.25) is 11.7 Å². The zero-order valence-corrected chi connectivity index (χ0v) is 14.4. The van der Waals surface area contributed by atoms with Crippen LogP contribution in [0.2, 0.25) is 0 Å². The van der Waals surface area contributed by atoms with Crippen molar-refractivity contribution in [2.75, 3.05) is 26.3 Å². The van der Waals surface area contributed by atoms with E-state index >= 15 is 0 Å². The highest BCUT2D eigenvalue weighted by Crippen LogP contribution is 2.15. The van der Waals surface area contributed by atoms with Gasteiger partial charge in [-0.2, -0.15) is 5.21 Å². The van der Waals surface area contributed by atoms with E-state index in [1.165, 1.54) is 0 Å². The lowest BCUT2D eigenvalue weighted by atomic mass is 10.1. The molecule has 0 bridgehead atoms. The summed E-state index contributed by atoms with van der Waals surface area (Å²) in [5.41, 5.74) is 1.89. The van der Waals surface area contributed by atoms with Gasteiger partial charge in [0, 0.05) is 37.7 Å². The maximum Gasteiger partial charge on any atom is 0.220 e. The third-order valence-electron chi connectivity index (χ3n) is 4.48. The fourth-order valence-corrected chi connectivity index (χ4v) is 2.93. The van der Waals surface area contributed by atoms with Crippen LogP contribution in [-0.2, 0) is 16.1 Å². The molecule has 0 aliphatic carbocycles. The minimum Gasteiger partial charge on any atom is -0.379 e. The Labute approximate surface area is 146 Å². The quantitative estimate of drug-likeness (QED) is 0.777. The molecule has 1 fully saturated rings. The highest BCUT2D eigenvalue weighted by atomic mass is 16.5. The maximum absolute atomic E-state index is 12.1. The zero-order chi connectivity index (χ0) is 17.5. The second kappa shape index (κ2) is 8.68. The van der Waals surface area contributed by atoms with Gasteiger partial charge in [0.15, 0.2) is 0 Å². The molecule has 1 aromatic carbocycles. The molecule has 1 saturated heterocycles. The summed E-state index contributed by atoms with van der Waals surface area (Å²) in [5, 5.41) is 16.9. The normalized spacial score (nSPS) is 16.5. The summed E-state index contributed by atoms with van der Waals surface area (Å²) in [6.07, 6.45) is 1.39. The van der Waals surface area contributed by atoms with Crippen LogP contribution in [0.1, 0.15) is 25.3 Å². The molecule has 1 aromatic heterocycles. The fraction of sp³-hybridized carbons (Fsp3) is 0.529. The standard InChI is InChI=1S/C17H24N6O2/c1-13(23-7-9-25-10-8-23)5-6-16(24)18-12-14-3-2-4-15(11-14)17-19-21-22-20-17/h2-4,11,13H,5-10,12H2,1H3,(H,18,24)(H,19,20,21,22)/t13-/m0/s1. The average Bonchev–Trinajstić information content (AvgIpc) is 3.20. The number of rotatable bonds is 7. The number of H-pyrrole nitrogens is 1. The van der Waals surface area contributed by atoms with Gasteiger partial charge in [-0.05, 0) is 30.2 Å². The Kier molecular flexibility index (Phi) is 6.08. The van der Waals surface area contributed by atoms with Gasteiger partial charge in [0.25, 0.3) is 0 Å². The van der Waals surface area contributed by atoms with Crippen LogP contribution in [0, 0.1) is 0 Å². The number of benzene rings is 1. The summed E-state index contributed by atoms with van der Waals surface area (Å²) >= 11 is 0. The van der Waals surface area contributed by atoms with E-state index in [9.17, 15) is 4.79 Å². The molecule has 1 atom stereocenters. The van der Waals surface area contributed by atoms with E-state index in [0.29, 0.717) is 24.8 Å². The Bertz CT molecular complexity index is 670. The van der Waals surface area contributed by atoms with Crippen molar-refractivity contribution in [1.29, 1.82) is 0 Å². The molecule has 1 aliphatic rings. The van der Waals surface area contributed by atoms with Crippen molar-refractivity contribution in [3.8, 4) is 11.4 Å². The van der Waals surface area contributed by atoms with Gasteiger partial charge in [-0.3, -0.25) is 9.69 Å². The van der Waals surface area contributed by atoms with Crippen molar-refractivity contribution in [2.24, 2.45) is 0 Å². The molecule has 2 heterocycles. The molecule has 0 radical (unpaired) electrons. The average molecular weight is 344 g/mol. The topological polar surface area (TPSA) is 96.0 Å². The Morgan fingerprint density at radius 3 is 3.00 bits per heavy atom. The third kappa shape index (κ3) is 5.07. The lowest BCUT2D eigenvalue weighted by Gasteiger charge is -2.32. The Morgan fingerprint density at radius 2 is 2.24 bits per heavy atom. The largest absolute Gasteiger partial charge is 0.379 e. The first-order valence-electron chi connectivity index (χ1n) is 8.63. The first-order valence-corrected chi connectivity index (χ1v) is 8.63. The van der Waals surface area contributed by atoms with Gasteiger partial charge in [-0.1, -0.05) is 18.2 Å². The predicted octanol–water partition coefficient (Wildman–Crippen LogP) is 0.984. The van der Waals surface area contributed by atoms with Crippen LogP contribution in [0.15, 0.2) is 24.3 Å². The Balaban J connectivity index is 1.43. The van der Waals surface area contributed by atoms with Gasteiger partial charge < -0.3 is 10.1 Å². The van der Waals surface area contributed by atoms with Crippen molar-refractivity contribution >= 4 is 5.91 Å². The van der Waals surface area contributed by atoms with Crippen LogP contribution < -0.4 is 5.32 Å². The SMILES string of the molecule is C[C@@H](CCC(=O)NCc1cccc(-c2nn[nH]n2)c1)N1CCOCC1. The summed E-state index contributed by atoms with van der Waals surface area (Å²) in [6, 6.07) is 8.17. The van der Waals surface area contributed by atoms with Gasteiger partial charge in [0.05, 0.1) is 13.2 Å². The number of tetrazole rings is 1. The van der Waals surface area contributed by atoms with E-state index in [1.807, 2.05) is 24.3 Å². The van der Waals surface area contributed by atoms with Gasteiger partial charge in [-0.15, -0.1) is 10.2 Å². The van der Waals surface area contributed by atoms with Crippen molar-refractivity contribution < 1.29 is 9.53 Å². The first kappa shape index (κ1) is 17.5. The number of ether oxygens (including phenoxy) is 1. The van der Waals surface area contributed by atoms with Crippen LogP contribution in [0.3, 0.4) is 0 Å². The molecule has 134 valence electrons. The summed E-state index contributed by atoms with van der Waals surface area (Å²) in [7, 11) is 0. The molecule has 8 heteroatoms. The first-order chi connectivity index (χ1) is 12.2. The van der Waals surface area contributed by atoms with Gasteiger partial charge >= 0.3 is 0 Å². The lowest BCUT2D eigenvalue weighted by molar-refractivity contribution is -0.121. The monoisotopic (exact) mass is 344 g/mol. The highest BCUT2D eigenvalue weighted by molar-refractivity contribution is 5.75. The molecule has 1 aliphatic heterocycles. The number of carbonyl (C=O) groups is 1. The molecule has 0 saturated carbocycles. The summed E-state index contributed by atoms with van der Waals surface area (Å²) in [5.74, 6) is 0.623. The summed E-state index contributed by atoms with van der Waals surface area (Å²) in [6.45, 7) is 6.14. The number of aromatic nitrogens is 4. The third-order valence-corrected chi connectivity index (χ3v) is 4.48. The van der Waals surface area contributed by atoms with E-state index in [-0.39, 0.29) is 5.91 Å². The van der Waals surface area contributed by atoms with E-state index < -0.39 is 0 Å². The van der Waals surface area contributed by atoms with Crippen LogP contribution in [0.5, 0.6) is 0 Å². The number of nitrogens with one attached hydrogen (secondary N) is 2. The van der Waals surface area contributed by atoms with Crippen molar-refractivity contribution in [2.45, 2.75) is 32.4 Å². The van der Waals surface area contributed by atoms with E-state index in [0.717, 1.165) is 43.9 Å². The van der Waals surface area contributed by atoms with Gasteiger partial charge in [0.1, 0.15) is 0 Å². The molecule has 0 spiro atoms. The number of hydrogen-bond acceptors (Lipinski definition) is 6. The van der Waals surface area contributed by atoms with Crippen LogP contribution in [0.4, 0.5) is 0 Å². The van der Waals surface area contributed by atoms with E-state index in [4.69, 9.17) is 4.74 Å². The Hall–Kier alpha value is -2.32. The number of hydrogen-bond donors (Lipinski definition) is 2. The van der Waals surface area contributed by atoms with E-state index in [2.05, 4.69) is 37.8 Å². The lowest BCUT2D eigenvalue weighted by Crippen LogP contribution is -2.42. The zero-order valence-electron chi connectivity index (χ0n) is 14.4. The molecule has 3 rings (SSSR count). The van der Waals surface area contributed by atoms with Gasteiger partial charge in [-0.25, -0.2) is 0 Å². The molecule has 0 unspecified atom stereocenters. The number of aromatic amines is 1. The second-order valence-corrected chi connectivity index (χ2v) is 6.25. The number of morpholine rings is 1. The second-order valence-electron chi connectivity index (χ2n) is 6.25. The van der Waals surface area contributed by atoms with E-state index in [1.54, 1.807) is 0 Å². The number of nitrogens with zero attached hydrogens (tertiary/aromatic N) is 4. The van der Waals surface area contributed by atoms with Crippen molar-refractivity contribution in [3.63, 3.8) is 0 Å². The fourth-order valence-electron chi connectivity index (χ4n) is 2.93. The summed E-state index contributed by atoms with van der Waals surface area (Å²) < 4.78 is 5.36. The molecule has 25 heavy (non-hydrogen) atoms. The minimum absolute atomic E-state index is 0.0741. The molecular formula is C17H24N6O2. The molecule has 2 N–H and O–H groups in total. The van der Waals surface area contributed by atoms with Crippen molar-refractivity contribution in [3.05, 3.63) is 29.8 Å². The smallest absolute Gasteiger partial charge is 0.220 e. The number of carbonyl (C=O) groups excluding carboxylic acids is 1. The van der Waals surface area contributed by atoms with Crippen LogP contribution >= 0.6 is 0 Å². The minimum atomic E-state index is 0.0741. The molecule has 1 amide bonds.